The summed E-state index contributed by atoms with van der Waals surface area (Å²) in [6.45, 7) is 5.86. The van der Waals surface area contributed by atoms with Crippen LogP contribution in [0, 0.1) is 0 Å². The van der Waals surface area contributed by atoms with E-state index in [-0.39, 0.29) is 0 Å². The number of nitrogens with zero attached hydrogens (tertiary/aromatic N) is 1. The van der Waals surface area contributed by atoms with Crippen LogP contribution < -0.4 is 0 Å². The Kier molecular flexibility index (Phi) is 6.54. The fourth-order valence-corrected chi connectivity index (χ4v) is 1.52. The molecular formula is C11H23NO2. The molecule has 0 aliphatic heterocycles. The zero-order valence-electron chi connectivity index (χ0n) is 9.58. The van der Waals surface area contributed by atoms with Crippen molar-refractivity contribution in [3.63, 3.8) is 0 Å². The molecule has 0 unspecified atom stereocenters. The second-order valence-electron chi connectivity index (χ2n) is 3.92. The van der Waals surface area contributed by atoms with E-state index < -0.39 is 5.60 Å². The van der Waals surface area contributed by atoms with Crippen molar-refractivity contribution in [2.75, 3.05) is 0 Å². The van der Waals surface area contributed by atoms with Crippen molar-refractivity contribution in [3.8, 4) is 0 Å². The molecule has 0 aromatic heterocycles. The van der Waals surface area contributed by atoms with Crippen LogP contribution in [0.4, 0.5) is 0 Å². The molecule has 0 saturated carbocycles. The van der Waals surface area contributed by atoms with Crippen molar-refractivity contribution < 1.29 is 10.3 Å². The number of hydrogen-bond acceptors (Lipinski definition) is 3. The fourth-order valence-electron chi connectivity index (χ4n) is 1.52. The van der Waals surface area contributed by atoms with Gasteiger partial charge in [-0.05, 0) is 19.8 Å². The molecule has 0 spiro atoms. The lowest BCUT2D eigenvalue weighted by Gasteiger charge is -2.27. The van der Waals surface area contributed by atoms with E-state index in [0.717, 1.165) is 25.7 Å². The maximum Gasteiger partial charge on any atom is 0.106 e. The maximum absolute atomic E-state index is 10.3. The van der Waals surface area contributed by atoms with Gasteiger partial charge in [-0.25, -0.2) is 0 Å². The van der Waals surface area contributed by atoms with Gasteiger partial charge in [-0.2, -0.15) is 0 Å². The van der Waals surface area contributed by atoms with E-state index in [0.29, 0.717) is 18.6 Å². The van der Waals surface area contributed by atoms with Gasteiger partial charge in [0.1, 0.15) is 5.60 Å². The summed E-state index contributed by atoms with van der Waals surface area (Å²) in [5, 5.41) is 22.1. The molecule has 0 rings (SSSR count). The van der Waals surface area contributed by atoms with Crippen LogP contribution >= 0.6 is 0 Å². The van der Waals surface area contributed by atoms with Gasteiger partial charge in [0.25, 0.3) is 0 Å². The number of aliphatic hydroxyl groups is 1. The smallest absolute Gasteiger partial charge is 0.106 e. The molecule has 0 aliphatic rings. The summed E-state index contributed by atoms with van der Waals surface area (Å²) in [6.07, 6.45) is 5.42. The van der Waals surface area contributed by atoms with Crippen LogP contribution in [0.1, 0.15) is 59.3 Å². The molecule has 0 atom stereocenters. The minimum Gasteiger partial charge on any atom is -0.411 e. The van der Waals surface area contributed by atoms with E-state index in [9.17, 15) is 5.11 Å². The molecule has 0 fully saturated rings. The molecule has 0 aliphatic carbocycles. The quantitative estimate of drug-likeness (QED) is 0.378. The van der Waals surface area contributed by atoms with Gasteiger partial charge in [-0.1, -0.05) is 44.7 Å². The molecule has 3 heteroatoms. The van der Waals surface area contributed by atoms with E-state index in [1.165, 1.54) is 0 Å². The molecule has 0 aromatic carbocycles. The number of hydrogen-bond donors (Lipinski definition) is 2. The van der Waals surface area contributed by atoms with E-state index in [1.807, 2.05) is 0 Å². The summed E-state index contributed by atoms with van der Waals surface area (Å²) in [4.78, 5) is 0. The second-order valence-corrected chi connectivity index (χ2v) is 3.92. The normalized spacial score (nSPS) is 13.3. The Morgan fingerprint density at radius 2 is 1.57 bits per heavy atom. The first-order chi connectivity index (χ1) is 6.60. The van der Waals surface area contributed by atoms with Crippen molar-refractivity contribution in [1.29, 1.82) is 0 Å². The topological polar surface area (TPSA) is 52.8 Å². The lowest BCUT2D eigenvalue weighted by Crippen LogP contribution is -2.37. The zero-order chi connectivity index (χ0) is 11.0. The minimum atomic E-state index is -0.888. The van der Waals surface area contributed by atoms with E-state index in [1.54, 1.807) is 6.92 Å². The molecule has 0 amide bonds. The van der Waals surface area contributed by atoms with Crippen molar-refractivity contribution in [2.24, 2.45) is 5.16 Å². The molecule has 2 N–H and O–H groups in total. The summed E-state index contributed by atoms with van der Waals surface area (Å²) >= 11 is 0. The van der Waals surface area contributed by atoms with Crippen LogP contribution in [0.25, 0.3) is 0 Å². The van der Waals surface area contributed by atoms with Crippen LogP contribution in [0.5, 0.6) is 0 Å². The van der Waals surface area contributed by atoms with Crippen LogP contribution in [-0.2, 0) is 0 Å². The largest absolute Gasteiger partial charge is 0.411 e. The number of oxime groups is 1. The summed E-state index contributed by atoms with van der Waals surface area (Å²) in [6, 6.07) is 0. The molecule has 0 radical (unpaired) electrons. The Bertz CT molecular complexity index is 170. The van der Waals surface area contributed by atoms with E-state index in [4.69, 9.17) is 5.21 Å². The SMILES string of the molecule is CCCCC(O)(CCCC)/C(C)=N/O. The van der Waals surface area contributed by atoms with Crippen molar-refractivity contribution >= 4 is 5.71 Å². The molecule has 3 nitrogen and oxygen atoms in total. The highest BCUT2D eigenvalue weighted by molar-refractivity contribution is 5.89. The Morgan fingerprint density at radius 3 is 1.86 bits per heavy atom. The number of unbranched alkanes of at least 4 members (excludes halogenated alkanes) is 2. The maximum atomic E-state index is 10.3. The van der Waals surface area contributed by atoms with Crippen molar-refractivity contribution in [2.45, 2.75) is 64.9 Å². The summed E-state index contributed by atoms with van der Waals surface area (Å²) < 4.78 is 0. The molecule has 0 aromatic rings. The third kappa shape index (κ3) is 4.09. The van der Waals surface area contributed by atoms with Gasteiger partial charge in [0.15, 0.2) is 0 Å². The number of rotatable bonds is 7. The molecule has 14 heavy (non-hydrogen) atoms. The van der Waals surface area contributed by atoms with Gasteiger partial charge in [-0.15, -0.1) is 0 Å². The molecule has 0 heterocycles. The van der Waals surface area contributed by atoms with E-state index >= 15 is 0 Å². The average Bonchev–Trinajstić information content (AvgIpc) is 2.22. The third-order valence-corrected chi connectivity index (χ3v) is 2.71. The van der Waals surface area contributed by atoms with Crippen molar-refractivity contribution in [1.82, 2.24) is 0 Å². The predicted octanol–water partition coefficient (Wildman–Crippen LogP) is 2.95. The first-order valence-electron chi connectivity index (χ1n) is 5.52. The minimum absolute atomic E-state index is 0.444. The van der Waals surface area contributed by atoms with E-state index in [2.05, 4.69) is 19.0 Å². The molecule has 0 saturated heterocycles. The Balaban J connectivity index is 4.32. The first kappa shape index (κ1) is 13.4. The first-order valence-corrected chi connectivity index (χ1v) is 5.52. The third-order valence-electron chi connectivity index (χ3n) is 2.71. The fraction of sp³-hybridized carbons (Fsp3) is 0.909. The van der Waals surface area contributed by atoms with Gasteiger partial charge in [0.2, 0.25) is 0 Å². The van der Waals surface area contributed by atoms with Crippen LogP contribution in [0.2, 0.25) is 0 Å². The highest BCUT2D eigenvalue weighted by Crippen LogP contribution is 2.23. The standard InChI is InChI=1S/C11H23NO2/c1-4-6-8-11(13,9-7-5-2)10(3)12-14/h13-14H,4-9H2,1-3H3/b12-10+. The van der Waals surface area contributed by atoms with Crippen LogP contribution in [0.15, 0.2) is 5.16 Å². The van der Waals surface area contributed by atoms with Gasteiger partial charge in [0, 0.05) is 0 Å². The average molecular weight is 201 g/mol. The lowest BCUT2D eigenvalue weighted by atomic mass is 9.87. The summed E-state index contributed by atoms with van der Waals surface area (Å²) in [7, 11) is 0. The Morgan fingerprint density at radius 1 is 1.14 bits per heavy atom. The molecular weight excluding hydrogens is 178 g/mol. The lowest BCUT2D eigenvalue weighted by molar-refractivity contribution is 0.0830. The summed E-state index contributed by atoms with van der Waals surface area (Å²) in [5.41, 5.74) is -0.444. The van der Waals surface area contributed by atoms with Crippen LogP contribution in [-0.4, -0.2) is 21.6 Å². The summed E-state index contributed by atoms with van der Waals surface area (Å²) in [5.74, 6) is 0. The Labute approximate surface area is 86.8 Å². The van der Waals surface area contributed by atoms with Crippen molar-refractivity contribution in [3.05, 3.63) is 0 Å². The highest BCUT2D eigenvalue weighted by Gasteiger charge is 2.29. The molecule has 0 bridgehead atoms. The monoisotopic (exact) mass is 201 g/mol. The van der Waals surface area contributed by atoms with Gasteiger partial charge in [-0.3, -0.25) is 0 Å². The van der Waals surface area contributed by atoms with Gasteiger partial charge < -0.3 is 10.3 Å². The predicted molar refractivity (Wildman–Crippen MR) is 58.9 cm³/mol. The molecule has 84 valence electrons. The highest BCUT2D eigenvalue weighted by atomic mass is 16.4. The van der Waals surface area contributed by atoms with Gasteiger partial charge in [0.05, 0.1) is 5.71 Å². The van der Waals surface area contributed by atoms with Gasteiger partial charge >= 0.3 is 0 Å². The Hall–Kier alpha value is -0.570. The second kappa shape index (κ2) is 6.82. The zero-order valence-corrected chi connectivity index (χ0v) is 9.58. The van der Waals surface area contributed by atoms with Crippen LogP contribution in [0.3, 0.4) is 0 Å².